The van der Waals surface area contributed by atoms with Gasteiger partial charge in [-0.15, -0.1) is 0 Å². The number of rotatable bonds is 0. The normalized spacial score (nSPS) is 16.3. The summed E-state index contributed by atoms with van der Waals surface area (Å²) >= 11 is 0. The van der Waals surface area contributed by atoms with Crippen LogP contribution in [0.25, 0.3) is 0 Å². The van der Waals surface area contributed by atoms with E-state index >= 15 is 0 Å². The maximum Gasteiger partial charge on any atom is 0.121 e. The molecule has 3 heteroatoms. The number of fused-ring (bicyclic) bond motifs is 1. The van der Waals surface area contributed by atoms with Gasteiger partial charge in [-0.1, -0.05) is 6.07 Å². The van der Waals surface area contributed by atoms with Gasteiger partial charge in [0.05, 0.1) is 0 Å². The molecule has 1 aliphatic heterocycles. The molecule has 0 N–H and O–H groups in total. The van der Waals surface area contributed by atoms with Crippen LogP contribution in [0.2, 0.25) is 0 Å². The fraction of sp³-hybridized carbons (Fsp3) is 0.375. The minimum atomic E-state index is 0.587. The number of hydrogen-bond donors (Lipinski definition) is 0. The molecule has 0 saturated heterocycles. The van der Waals surface area contributed by atoms with Crippen molar-refractivity contribution in [2.75, 3.05) is 11.6 Å². The van der Waals surface area contributed by atoms with Gasteiger partial charge >= 0.3 is 0 Å². The van der Waals surface area contributed by atoms with Gasteiger partial charge in [0.25, 0.3) is 0 Å². The molecule has 0 fully saturated rings. The third-order valence-electron chi connectivity index (χ3n) is 1.91. The molecule has 58 valence electrons. The van der Waals surface area contributed by atoms with E-state index < -0.39 is 0 Å². The van der Waals surface area contributed by atoms with Crippen molar-refractivity contribution in [2.45, 2.75) is 12.8 Å². The third kappa shape index (κ3) is 1.07. The second-order valence-corrected chi connectivity index (χ2v) is 2.69. The molecular formula is C8H9N2O-. The van der Waals surface area contributed by atoms with Crippen molar-refractivity contribution in [3.05, 3.63) is 29.1 Å². The largest absolute Gasteiger partial charge is 0.757 e. The minimum absolute atomic E-state index is 0.587. The van der Waals surface area contributed by atoms with Gasteiger partial charge in [-0.2, -0.15) is 0 Å². The van der Waals surface area contributed by atoms with Crippen LogP contribution >= 0.6 is 0 Å². The summed E-state index contributed by atoms with van der Waals surface area (Å²) in [4.78, 5) is 4.01. The molecule has 0 amide bonds. The summed E-state index contributed by atoms with van der Waals surface area (Å²) in [7, 11) is 0. The molecule has 1 aromatic rings. The smallest absolute Gasteiger partial charge is 0.121 e. The van der Waals surface area contributed by atoms with Gasteiger partial charge in [-0.05, 0) is 24.5 Å². The van der Waals surface area contributed by atoms with Crippen LogP contribution in [0.1, 0.15) is 12.0 Å². The first kappa shape index (κ1) is 6.61. The number of aromatic nitrogens is 1. The molecule has 0 aliphatic carbocycles. The highest BCUT2D eigenvalue weighted by Crippen LogP contribution is 2.22. The quantitative estimate of drug-likeness (QED) is 0.558. The Balaban J connectivity index is 2.44. The lowest BCUT2D eigenvalue weighted by Crippen LogP contribution is -2.23. The number of pyridine rings is 1. The standard InChI is InChI=1S/C8H9N2O/c11-10-6-2-4-7-3-1-5-9-8(7)10/h1,3,5H,2,4,6H2/q-1. The van der Waals surface area contributed by atoms with E-state index in [0.29, 0.717) is 12.4 Å². The molecule has 0 radical (unpaired) electrons. The number of hydroxylamine groups is 1. The first-order chi connectivity index (χ1) is 5.38. The highest BCUT2D eigenvalue weighted by atomic mass is 16.5. The summed E-state index contributed by atoms with van der Waals surface area (Å²) in [6.07, 6.45) is 3.60. The summed E-state index contributed by atoms with van der Waals surface area (Å²) in [6.45, 7) is 0.587. The predicted molar refractivity (Wildman–Crippen MR) is 43.3 cm³/mol. The topological polar surface area (TPSA) is 39.2 Å². The molecule has 0 aromatic carbocycles. The van der Waals surface area contributed by atoms with Gasteiger partial charge in [-0.25, -0.2) is 4.98 Å². The fourth-order valence-corrected chi connectivity index (χ4v) is 1.37. The number of hydrogen-bond acceptors (Lipinski definition) is 3. The Labute approximate surface area is 65.2 Å². The number of aryl methyl sites for hydroxylation is 1. The van der Waals surface area contributed by atoms with Gasteiger partial charge < -0.3 is 10.3 Å². The third-order valence-corrected chi connectivity index (χ3v) is 1.91. The second kappa shape index (κ2) is 2.51. The lowest BCUT2D eigenvalue weighted by Gasteiger charge is -2.34. The Morgan fingerprint density at radius 3 is 3.27 bits per heavy atom. The van der Waals surface area contributed by atoms with E-state index in [4.69, 9.17) is 0 Å². The molecule has 0 bridgehead atoms. The van der Waals surface area contributed by atoms with E-state index in [1.807, 2.05) is 12.1 Å². The average Bonchev–Trinajstić information content (AvgIpc) is 2.06. The van der Waals surface area contributed by atoms with Crippen molar-refractivity contribution in [2.24, 2.45) is 0 Å². The maximum atomic E-state index is 11.1. The van der Waals surface area contributed by atoms with Crippen LogP contribution in [0.15, 0.2) is 18.3 Å². The van der Waals surface area contributed by atoms with Crippen LogP contribution in [0.4, 0.5) is 5.82 Å². The number of anilines is 1. The molecule has 1 aromatic heterocycles. The lowest BCUT2D eigenvalue weighted by atomic mass is 10.1. The predicted octanol–water partition coefficient (Wildman–Crippen LogP) is 1.33. The Morgan fingerprint density at radius 2 is 2.45 bits per heavy atom. The van der Waals surface area contributed by atoms with Gasteiger partial charge in [0.2, 0.25) is 0 Å². The first-order valence-corrected chi connectivity index (χ1v) is 3.76. The monoisotopic (exact) mass is 149 g/mol. The van der Waals surface area contributed by atoms with E-state index in [-0.39, 0.29) is 0 Å². The molecule has 2 rings (SSSR count). The van der Waals surface area contributed by atoms with Crippen LogP contribution < -0.4 is 5.06 Å². The summed E-state index contributed by atoms with van der Waals surface area (Å²) in [5.41, 5.74) is 1.08. The molecule has 3 nitrogen and oxygen atoms in total. The zero-order chi connectivity index (χ0) is 7.68. The van der Waals surface area contributed by atoms with E-state index in [1.54, 1.807) is 6.20 Å². The SMILES string of the molecule is [O-]N1CCCc2cccnc21. The Kier molecular flexibility index (Phi) is 1.51. The molecule has 0 atom stereocenters. The molecular weight excluding hydrogens is 140 g/mol. The van der Waals surface area contributed by atoms with Crippen LogP contribution in [-0.4, -0.2) is 11.5 Å². The van der Waals surface area contributed by atoms with Crippen LogP contribution in [0.5, 0.6) is 0 Å². The summed E-state index contributed by atoms with van der Waals surface area (Å²) in [6, 6.07) is 3.84. The molecule has 0 spiro atoms. The molecule has 1 aliphatic rings. The van der Waals surface area contributed by atoms with Crippen molar-refractivity contribution in [3.8, 4) is 0 Å². The van der Waals surface area contributed by atoms with E-state index in [2.05, 4.69) is 4.98 Å². The van der Waals surface area contributed by atoms with Crippen LogP contribution in [-0.2, 0) is 6.42 Å². The lowest BCUT2D eigenvalue weighted by molar-refractivity contribution is 0.750. The maximum absolute atomic E-state index is 11.1. The number of nitrogens with zero attached hydrogens (tertiary/aromatic N) is 2. The summed E-state index contributed by atoms with van der Waals surface area (Å²) in [5.74, 6) is 0.610. The molecule has 0 saturated carbocycles. The van der Waals surface area contributed by atoms with Crippen molar-refractivity contribution >= 4 is 5.82 Å². The zero-order valence-corrected chi connectivity index (χ0v) is 6.16. The van der Waals surface area contributed by atoms with Crippen LogP contribution in [0, 0.1) is 5.21 Å². The van der Waals surface area contributed by atoms with E-state index in [1.165, 1.54) is 0 Å². The zero-order valence-electron chi connectivity index (χ0n) is 6.16. The van der Waals surface area contributed by atoms with Crippen molar-refractivity contribution in [3.63, 3.8) is 0 Å². The fourth-order valence-electron chi connectivity index (χ4n) is 1.37. The van der Waals surface area contributed by atoms with Gasteiger partial charge in [0, 0.05) is 12.7 Å². The minimum Gasteiger partial charge on any atom is -0.757 e. The Morgan fingerprint density at radius 1 is 1.55 bits per heavy atom. The highest BCUT2D eigenvalue weighted by molar-refractivity contribution is 5.49. The van der Waals surface area contributed by atoms with Crippen molar-refractivity contribution < 1.29 is 0 Å². The van der Waals surface area contributed by atoms with Gasteiger partial charge in [0.1, 0.15) is 5.82 Å². The van der Waals surface area contributed by atoms with Crippen LogP contribution in [0.3, 0.4) is 0 Å². The molecule has 2 heterocycles. The molecule has 0 unspecified atom stereocenters. The molecule has 11 heavy (non-hydrogen) atoms. The van der Waals surface area contributed by atoms with Gasteiger partial charge in [-0.3, -0.25) is 0 Å². The first-order valence-electron chi connectivity index (χ1n) is 3.76. The van der Waals surface area contributed by atoms with Crippen molar-refractivity contribution in [1.29, 1.82) is 0 Å². The van der Waals surface area contributed by atoms with E-state index in [9.17, 15) is 5.21 Å². The highest BCUT2D eigenvalue weighted by Gasteiger charge is 2.09. The second-order valence-electron chi connectivity index (χ2n) is 2.69. The Bertz CT molecular complexity index is 262. The van der Waals surface area contributed by atoms with Crippen molar-refractivity contribution in [1.82, 2.24) is 4.98 Å². The van der Waals surface area contributed by atoms with E-state index in [0.717, 1.165) is 23.5 Å². The Hall–Kier alpha value is -1.09. The summed E-state index contributed by atoms with van der Waals surface area (Å²) < 4.78 is 0. The van der Waals surface area contributed by atoms with Gasteiger partial charge in [0.15, 0.2) is 0 Å². The summed E-state index contributed by atoms with van der Waals surface area (Å²) in [5, 5.41) is 12.1. The average molecular weight is 149 g/mol.